The Morgan fingerprint density at radius 3 is 2.20 bits per heavy atom. The molecule has 1 N–H and O–H groups in total. The van der Waals surface area contributed by atoms with Crippen molar-refractivity contribution in [1.29, 1.82) is 0 Å². The minimum atomic E-state index is -0.678. The Labute approximate surface area is 123 Å². The fraction of sp³-hybridized carbons (Fsp3) is 0.294. The lowest BCUT2D eigenvalue weighted by molar-refractivity contribution is 0.196. The predicted molar refractivity (Wildman–Crippen MR) is 81.7 cm³/mol. The zero-order valence-corrected chi connectivity index (χ0v) is 12.7. The monoisotopic (exact) mass is 290 g/mol. The molecule has 3 heteroatoms. The van der Waals surface area contributed by atoms with Gasteiger partial charge < -0.3 is 5.11 Å². The Morgan fingerprint density at radius 1 is 1.00 bits per heavy atom. The zero-order chi connectivity index (χ0) is 14.7. The summed E-state index contributed by atoms with van der Waals surface area (Å²) in [5, 5.41) is 9.74. The highest BCUT2D eigenvalue weighted by Gasteiger charge is 2.11. The molecule has 0 fully saturated rings. The summed E-state index contributed by atoms with van der Waals surface area (Å²) in [5.74, 6) is 0.188. The van der Waals surface area contributed by atoms with Gasteiger partial charge in [-0.15, -0.1) is 0 Å². The minimum Gasteiger partial charge on any atom is -0.389 e. The number of hydrogen-bond acceptors (Lipinski definition) is 2. The molecule has 2 rings (SSSR count). The van der Waals surface area contributed by atoms with Gasteiger partial charge in [0.15, 0.2) is 0 Å². The van der Waals surface area contributed by atoms with Crippen LogP contribution in [0.2, 0.25) is 0 Å². The maximum atomic E-state index is 13.3. The summed E-state index contributed by atoms with van der Waals surface area (Å²) in [6.45, 7) is 5.97. The number of halogens is 1. The van der Waals surface area contributed by atoms with Crippen molar-refractivity contribution in [3.63, 3.8) is 0 Å². The highest BCUT2D eigenvalue weighted by atomic mass is 32.2. The summed E-state index contributed by atoms with van der Waals surface area (Å²) in [5.41, 5.74) is 1.92. The first-order chi connectivity index (χ1) is 9.47. The standard InChI is InChI=1S/C17H19FOS/c1-11(2)13-4-7-15(8-5-13)20-17-9-6-14(18)10-16(17)12(3)19/h4-12,19H,1-3H3/t12-/m1/s1. The molecule has 0 saturated carbocycles. The lowest BCUT2D eigenvalue weighted by Crippen LogP contribution is -1.95. The van der Waals surface area contributed by atoms with Gasteiger partial charge in [0.05, 0.1) is 6.10 Å². The van der Waals surface area contributed by atoms with Crippen LogP contribution in [0.3, 0.4) is 0 Å². The third-order valence-corrected chi connectivity index (χ3v) is 4.30. The molecule has 0 aliphatic carbocycles. The minimum absolute atomic E-state index is 0.319. The van der Waals surface area contributed by atoms with Crippen molar-refractivity contribution in [3.8, 4) is 0 Å². The molecule has 20 heavy (non-hydrogen) atoms. The van der Waals surface area contributed by atoms with Crippen LogP contribution in [-0.2, 0) is 0 Å². The highest BCUT2D eigenvalue weighted by molar-refractivity contribution is 7.99. The highest BCUT2D eigenvalue weighted by Crippen LogP contribution is 2.34. The number of benzene rings is 2. The molecular formula is C17H19FOS. The van der Waals surface area contributed by atoms with Crippen molar-refractivity contribution in [2.24, 2.45) is 0 Å². The molecule has 1 nitrogen and oxygen atoms in total. The molecule has 0 radical (unpaired) electrons. The normalized spacial score (nSPS) is 12.7. The Kier molecular flexibility index (Phi) is 4.84. The summed E-state index contributed by atoms with van der Waals surface area (Å²) < 4.78 is 13.3. The molecule has 0 aromatic heterocycles. The van der Waals surface area contributed by atoms with Crippen molar-refractivity contribution in [1.82, 2.24) is 0 Å². The van der Waals surface area contributed by atoms with Gasteiger partial charge in [-0.05, 0) is 54.3 Å². The molecule has 1 atom stereocenters. The maximum absolute atomic E-state index is 13.3. The average Bonchev–Trinajstić information content (AvgIpc) is 2.41. The molecule has 2 aromatic rings. The van der Waals surface area contributed by atoms with Gasteiger partial charge in [0, 0.05) is 9.79 Å². The zero-order valence-electron chi connectivity index (χ0n) is 11.9. The van der Waals surface area contributed by atoms with Gasteiger partial charge in [-0.2, -0.15) is 0 Å². The molecule has 106 valence electrons. The number of hydrogen-bond donors (Lipinski definition) is 1. The van der Waals surface area contributed by atoms with E-state index in [1.807, 2.05) is 0 Å². The molecular weight excluding hydrogens is 271 g/mol. The molecule has 0 amide bonds. The third-order valence-electron chi connectivity index (χ3n) is 3.20. The van der Waals surface area contributed by atoms with E-state index in [1.54, 1.807) is 24.8 Å². The van der Waals surface area contributed by atoms with E-state index in [-0.39, 0.29) is 5.82 Å². The van der Waals surface area contributed by atoms with Crippen LogP contribution >= 0.6 is 11.8 Å². The van der Waals surface area contributed by atoms with Crippen molar-refractivity contribution < 1.29 is 9.50 Å². The Hall–Kier alpha value is -1.32. The smallest absolute Gasteiger partial charge is 0.123 e. The molecule has 0 bridgehead atoms. The van der Waals surface area contributed by atoms with Gasteiger partial charge in [-0.1, -0.05) is 37.7 Å². The molecule has 0 heterocycles. The van der Waals surface area contributed by atoms with E-state index in [9.17, 15) is 9.50 Å². The lowest BCUT2D eigenvalue weighted by Gasteiger charge is -2.12. The second-order valence-corrected chi connectivity index (χ2v) is 6.30. The first-order valence-electron chi connectivity index (χ1n) is 6.72. The maximum Gasteiger partial charge on any atom is 0.123 e. The Balaban J connectivity index is 2.25. The van der Waals surface area contributed by atoms with Gasteiger partial charge in [0.2, 0.25) is 0 Å². The van der Waals surface area contributed by atoms with Gasteiger partial charge >= 0.3 is 0 Å². The van der Waals surface area contributed by atoms with E-state index >= 15 is 0 Å². The van der Waals surface area contributed by atoms with E-state index < -0.39 is 6.10 Å². The Morgan fingerprint density at radius 2 is 1.65 bits per heavy atom. The summed E-state index contributed by atoms with van der Waals surface area (Å²) in [7, 11) is 0. The molecule has 2 aromatic carbocycles. The van der Waals surface area contributed by atoms with Crippen molar-refractivity contribution in [2.45, 2.75) is 42.6 Å². The van der Waals surface area contributed by atoms with E-state index in [4.69, 9.17) is 0 Å². The van der Waals surface area contributed by atoms with Crippen LogP contribution in [0.1, 0.15) is 43.9 Å². The van der Waals surface area contributed by atoms with Gasteiger partial charge in [-0.25, -0.2) is 4.39 Å². The van der Waals surface area contributed by atoms with E-state index in [1.165, 1.54) is 17.7 Å². The third kappa shape index (κ3) is 3.62. The van der Waals surface area contributed by atoms with Crippen LogP contribution in [0.15, 0.2) is 52.3 Å². The van der Waals surface area contributed by atoms with Crippen LogP contribution in [0, 0.1) is 5.82 Å². The van der Waals surface area contributed by atoms with Gasteiger partial charge in [0.1, 0.15) is 5.82 Å². The van der Waals surface area contributed by atoms with Crippen LogP contribution in [0.4, 0.5) is 4.39 Å². The lowest BCUT2D eigenvalue weighted by atomic mass is 10.0. The van der Waals surface area contributed by atoms with E-state index in [2.05, 4.69) is 38.1 Å². The SMILES string of the molecule is CC(C)c1ccc(Sc2ccc(F)cc2[C@@H](C)O)cc1. The predicted octanol–water partition coefficient (Wildman–Crippen LogP) is 5.15. The fourth-order valence-corrected chi connectivity index (χ4v) is 3.00. The topological polar surface area (TPSA) is 20.2 Å². The molecule has 0 aliphatic rings. The van der Waals surface area contributed by atoms with E-state index in [0.717, 1.165) is 9.79 Å². The second-order valence-electron chi connectivity index (χ2n) is 5.18. The molecule has 0 aliphatic heterocycles. The first-order valence-corrected chi connectivity index (χ1v) is 7.54. The van der Waals surface area contributed by atoms with Gasteiger partial charge in [-0.3, -0.25) is 0 Å². The summed E-state index contributed by atoms with van der Waals surface area (Å²) in [4.78, 5) is 1.97. The molecule has 0 saturated heterocycles. The Bertz CT molecular complexity index is 576. The van der Waals surface area contributed by atoms with E-state index in [0.29, 0.717) is 11.5 Å². The first kappa shape index (κ1) is 15.1. The summed E-state index contributed by atoms with van der Waals surface area (Å²) in [6, 6.07) is 12.9. The van der Waals surface area contributed by atoms with Crippen molar-refractivity contribution >= 4 is 11.8 Å². The molecule has 0 spiro atoms. The number of aliphatic hydroxyl groups excluding tert-OH is 1. The summed E-state index contributed by atoms with van der Waals surface area (Å²) in [6.07, 6.45) is -0.678. The number of rotatable bonds is 4. The fourth-order valence-electron chi connectivity index (χ4n) is 1.99. The van der Waals surface area contributed by atoms with Crippen LogP contribution < -0.4 is 0 Å². The van der Waals surface area contributed by atoms with Crippen LogP contribution in [-0.4, -0.2) is 5.11 Å². The van der Waals surface area contributed by atoms with Crippen LogP contribution in [0.5, 0.6) is 0 Å². The van der Waals surface area contributed by atoms with Crippen molar-refractivity contribution in [3.05, 3.63) is 59.4 Å². The van der Waals surface area contributed by atoms with Crippen molar-refractivity contribution in [2.75, 3.05) is 0 Å². The summed E-state index contributed by atoms with van der Waals surface area (Å²) >= 11 is 1.55. The average molecular weight is 290 g/mol. The van der Waals surface area contributed by atoms with Gasteiger partial charge in [0.25, 0.3) is 0 Å². The number of aliphatic hydroxyl groups is 1. The quantitative estimate of drug-likeness (QED) is 0.840. The molecule has 0 unspecified atom stereocenters. The van der Waals surface area contributed by atoms with Crippen LogP contribution in [0.25, 0.3) is 0 Å². The largest absolute Gasteiger partial charge is 0.389 e. The second kappa shape index (κ2) is 6.42.